The fraction of sp³-hybridized carbons (Fsp3) is 0.462. The minimum Gasteiger partial charge on any atom is -0.494 e. The predicted molar refractivity (Wildman–Crippen MR) is 85.8 cm³/mol. The standard InChI is InChI=1S/C13H24N6O/c1-16-5-6-19(3)11-8-12(20-4)10(7-9(11)14)18-13(15)17-2/h7-8,16H,5-6,14H2,1-4H3,(H3,15,17,18). The number of likely N-dealkylation sites (N-methyl/N-ethyl adjacent to an activating group) is 2. The van der Waals surface area contributed by atoms with Crippen molar-refractivity contribution in [3.63, 3.8) is 0 Å². The van der Waals surface area contributed by atoms with Crippen LogP contribution in [0.5, 0.6) is 5.75 Å². The maximum Gasteiger partial charge on any atom is 0.192 e. The molecule has 6 N–H and O–H groups in total. The molecule has 7 nitrogen and oxygen atoms in total. The first-order chi connectivity index (χ1) is 9.53. The normalized spacial score (nSPS) is 11.3. The second-order valence-electron chi connectivity index (χ2n) is 4.37. The molecule has 0 unspecified atom stereocenters. The minimum atomic E-state index is 0.305. The quantitative estimate of drug-likeness (QED) is 0.339. The summed E-state index contributed by atoms with van der Waals surface area (Å²) >= 11 is 0. The third-order valence-electron chi connectivity index (χ3n) is 2.96. The lowest BCUT2D eigenvalue weighted by Gasteiger charge is -2.23. The molecule has 0 saturated carbocycles. The number of hydrogen-bond donors (Lipinski definition) is 4. The molecule has 0 spiro atoms. The summed E-state index contributed by atoms with van der Waals surface area (Å²) in [6.07, 6.45) is 0. The average molecular weight is 280 g/mol. The molecular weight excluding hydrogens is 256 g/mol. The number of rotatable bonds is 6. The first kappa shape index (κ1) is 15.9. The van der Waals surface area contributed by atoms with Crippen LogP contribution in [0.4, 0.5) is 17.1 Å². The van der Waals surface area contributed by atoms with Crippen molar-refractivity contribution in [2.75, 3.05) is 57.3 Å². The van der Waals surface area contributed by atoms with E-state index in [1.165, 1.54) is 0 Å². The number of nitrogens with one attached hydrogen (secondary N) is 2. The summed E-state index contributed by atoms with van der Waals surface area (Å²) in [4.78, 5) is 5.92. The Labute approximate surface area is 120 Å². The van der Waals surface area contributed by atoms with E-state index in [0.717, 1.165) is 18.8 Å². The Bertz CT molecular complexity index is 474. The number of benzene rings is 1. The van der Waals surface area contributed by atoms with Gasteiger partial charge in [0, 0.05) is 33.3 Å². The summed E-state index contributed by atoms with van der Waals surface area (Å²) in [6, 6.07) is 3.68. The summed E-state index contributed by atoms with van der Waals surface area (Å²) in [7, 11) is 7.11. The average Bonchev–Trinajstić information content (AvgIpc) is 2.44. The van der Waals surface area contributed by atoms with E-state index in [9.17, 15) is 0 Å². The lowest BCUT2D eigenvalue weighted by atomic mass is 10.2. The highest BCUT2D eigenvalue weighted by molar-refractivity contribution is 5.95. The maximum atomic E-state index is 6.10. The van der Waals surface area contributed by atoms with Crippen molar-refractivity contribution in [2.45, 2.75) is 0 Å². The van der Waals surface area contributed by atoms with E-state index in [1.807, 2.05) is 20.2 Å². The smallest absolute Gasteiger partial charge is 0.192 e. The molecular formula is C13H24N6O. The SMILES string of the molecule is CN=C(N)Nc1cc(N)c(N(C)CCNC)cc1OC. The van der Waals surface area contributed by atoms with Crippen molar-refractivity contribution in [1.82, 2.24) is 5.32 Å². The molecule has 0 atom stereocenters. The number of guanidine groups is 1. The largest absolute Gasteiger partial charge is 0.494 e. The van der Waals surface area contributed by atoms with E-state index in [4.69, 9.17) is 16.2 Å². The van der Waals surface area contributed by atoms with Crippen molar-refractivity contribution in [3.8, 4) is 5.75 Å². The van der Waals surface area contributed by atoms with Gasteiger partial charge in [0.25, 0.3) is 0 Å². The van der Waals surface area contributed by atoms with E-state index in [2.05, 4.69) is 20.5 Å². The van der Waals surface area contributed by atoms with Crippen LogP contribution < -0.4 is 31.7 Å². The van der Waals surface area contributed by atoms with Crippen molar-refractivity contribution < 1.29 is 4.74 Å². The van der Waals surface area contributed by atoms with Crippen LogP contribution in [0, 0.1) is 0 Å². The fourth-order valence-electron chi connectivity index (χ4n) is 1.78. The van der Waals surface area contributed by atoms with Crippen LogP contribution in [0.25, 0.3) is 0 Å². The zero-order valence-corrected chi connectivity index (χ0v) is 12.5. The van der Waals surface area contributed by atoms with Gasteiger partial charge in [-0.25, -0.2) is 0 Å². The fourth-order valence-corrected chi connectivity index (χ4v) is 1.78. The van der Waals surface area contributed by atoms with E-state index in [0.29, 0.717) is 23.1 Å². The van der Waals surface area contributed by atoms with Crippen LogP contribution in [0.3, 0.4) is 0 Å². The number of anilines is 3. The monoisotopic (exact) mass is 280 g/mol. The Morgan fingerprint density at radius 2 is 2.15 bits per heavy atom. The van der Waals surface area contributed by atoms with Crippen LogP contribution >= 0.6 is 0 Å². The molecule has 0 aliphatic carbocycles. The van der Waals surface area contributed by atoms with Gasteiger partial charge in [-0.05, 0) is 13.1 Å². The number of nitrogens with zero attached hydrogens (tertiary/aromatic N) is 2. The number of ether oxygens (including phenoxy) is 1. The maximum absolute atomic E-state index is 6.10. The summed E-state index contributed by atoms with van der Waals surface area (Å²) in [5.41, 5.74) is 14.0. The number of nitrogen functional groups attached to an aromatic ring is 1. The van der Waals surface area contributed by atoms with Gasteiger partial charge in [0.05, 0.1) is 24.2 Å². The molecule has 0 radical (unpaired) electrons. The van der Waals surface area contributed by atoms with Gasteiger partial charge in [-0.15, -0.1) is 0 Å². The van der Waals surface area contributed by atoms with Crippen LogP contribution in [0.15, 0.2) is 17.1 Å². The summed E-state index contributed by atoms with van der Waals surface area (Å²) in [6.45, 7) is 1.71. The first-order valence-corrected chi connectivity index (χ1v) is 6.36. The molecule has 0 aliphatic heterocycles. The number of nitrogens with two attached hydrogens (primary N) is 2. The number of hydrogen-bond acceptors (Lipinski definition) is 5. The van der Waals surface area contributed by atoms with Gasteiger partial charge in [-0.1, -0.05) is 0 Å². The Morgan fingerprint density at radius 1 is 1.45 bits per heavy atom. The van der Waals surface area contributed by atoms with E-state index >= 15 is 0 Å². The highest BCUT2D eigenvalue weighted by Crippen LogP contribution is 2.34. The van der Waals surface area contributed by atoms with Crippen LogP contribution in [0.1, 0.15) is 0 Å². The van der Waals surface area contributed by atoms with Crippen molar-refractivity contribution in [3.05, 3.63) is 12.1 Å². The number of methoxy groups -OCH3 is 1. The van der Waals surface area contributed by atoms with Gasteiger partial charge in [-0.2, -0.15) is 0 Å². The second kappa shape index (κ2) is 7.44. The molecule has 1 rings (SSSR count). The van der Waals surface area contributed by atoms with Gasteiger partial charge in [0.2, 0.25) is 0 Å². The lowest BCUT2D eigenvalue weighted by Crippen LogP contribution is -2.28. The van der Waals surface area contributed by atoms with E-state index in [1.54, 1.807) is 20.2 Å². The van der Waals surface area contributed by atoms with Gasteiger partial charge in [-0.3, -0.25) is 4.99 Å². The summed E-state index contributed by atoms with van der Waals surface area (Å²) < 4.78 is 5.37. The van der Waals surface area contributed by atoms with Crippen LogP contribution in [0.2, 0.25) is 0 Å². The molecule has 0 bridgehead atoms. The molecule has 0 heterocycles. The highest BCUT2D eigenvalue weighted by Gasteiger charge is 2.12. The molecule has 1 aromatic rings. The molecule has 0 amide bonds. The molecule has 7 heteroatoms. The Hall–Kier alpha value is -2.15. The molecule has 0 fully saturated rings. The summed E-state index contributed by atoms with van der Waals surface area (Å²) in [5, 5.41) is 6.06. The lowest BCUT2D eigenvalue weighted by molar-refractivity contribution is 0.417. The van der Waals surface area contributed by atoms with Gasteiger partial charge < -0.3 is 31.7 Å². The van der Waals surface area contributed by atoms with Crippen molar-refractivity contribution >= 4 is 23.0 Å². The highest BCUT2D eigenvalue weighted by atomic mass is 16.5. The number of aliphatic imine (C=N–C) groups is 1. The van der Waals surface area contributed by atoms with Crippen LogP contribution in [-0.4, -0.2) is 47.3 Å². The van der Waals surface area contributed by atoms with Gasteiger partial charge in [0.1, 0.15) is 5.75 Å². The molecule has 0 saturated heterocycles. The molecule has 112 valence electrons. The molecule has 20 heavy (non-hydrogen) atoms. The van der Waals surface area contributed by atoms with Gasteiger partial charge >= 0.3 is 0 Å². The second-order valence-corrected chi connectivity index (χ2v) is 4.37. The van der Waals surface area contributed by atoms with Crippen molar-refractivity contribution in [2.24, 2.45) is 10.7 Å². The summed E-state index contributed by atoms with van der Waals surface area (Å²) in [5.74, 6) is 0.969. The minimum absolute atomic E-state index is 0.305. The first-order valence-electron chi connectivity index (χ1n) is 6.36. The Morgan fingerprint density at radius 3 is 2.70 bits per heavy atom. The topological polar surface area (TPSA) is 101 Å². The Balaban J connectivity index is 3.06. The zero-order chi connectivity index (χ0) is 15.1. The van der Waals surface area contributed by atoms with Gasteiger partial charge in [0.15, 0.2) is 5.96 Å². The molecule has 0 aliphatic rings. The predicted octanol–water partition coefficient (Wildman–Crippen LogP) is 0.289. The van der Waals surface area contributed by atoms with E-state index in [-0.39, 0.29) is 0 Å². The molecule has 0 aromatic heterocycles. The Kier molecular flexibility index (Phi) is 5.92. The van der Waals surface area contributed by atoms with Crippen LogP contribution in [-0.2, 0) is 0 Å². The third-order valence-corrected chi connectivity index (χ3v) is 2.96. The third kappa shape index (κ3) is 3.92. The van der Waals surface area contributed by atoms with Crippen molar-refractivity contribution in [1.29, 1.82) is 0 Å². The molecule has 1 aromatic carbocycles. The van der Waals surface area contributed by atoms with E-state index < -0.39 is 0 Å². The zero-order valence-electron chi connectivity index (χ0n) is 12.5.